The Labute approximate surface area is 108 Å². The first-order chi connectivity index (χ1) is 8.28. The normalized spacial score (nSPS) is 23.1. The summed E-state index contributed by atoms with van der Waals surface area (Å²) < 4.78 is 0. The van der Waals surface area contributed by atoms with Gasteiger partial charge in [-0.05, 0) is 12.8 Å². The molecule has 0 aromatic rings. The molecule has 0 aromatic carbocycles. The maximum Gasteiger partial charge on any atom is 0.234 e. The molecule has 1 heterocycles. The lowest BCUT2D eigenvalue weighted by Crippen LogP contribution is -2.49. The second-order valence-electron chi connectivity index (χ2n) is 4.78. The number of amides is 1. The van der Waals surface area contributed by atoms with Crippen LogP contribution >= 0.6 is 11.6 Å². The van der Waals surface area contributed by atoms with Crippen molar-refractivity contribution in [3.63, 3.8) is 0 Å². The van der Waals surface area contributed by atoms with Crippen LogP contribution in [-0.2, 0) is 4.79 Å². The Kier molecular flexibility index (Phi) is 4.83. The number of carbonyl (C=O) groups is 1. The molecule has 2 aliphatic rings. The maximum atomic E-state index is 11.6. The summed E-state index contributed by atoms with van der Waals surface area (Å²) in [7, 11) is 0. The largest absolute Gasteiger partial charge is 0.352 e. The molecule has 2 rings (SSSR count). The summed E-state index contributed by atoms with van der Waals surface area (Å²) in [6, 6.07) is 0.470. The quantitative estimate of drug-likeness (QED) is 0.785. The predicted octanol–water partition coefficient (Wildman–Crippen LogP) is 0.635. The highest BCUT2D eigenvalue weighted by Crippen LogP contribution is 2.18. The zero-order chi connectivity index (χ0) is 12.1. The van der Waals surface area contributed by atoms with Gasteiger partial charge in [-0.15, -0.1) is 0 Å². The highest BCUT2D eigenvalue weighted by atomic mass is 35.5. The molecule has 0 atom stereocenters. The smallest absolute Gasteiger partial charge is 0.234 e. The van der Waals surface area contributed by atoms with E-state index < -0.39 is 0 Å². The third-order valence-electron chi connectivity index (χ3n) is 3.23. The van der Waals surface area contributed by atoms with Gasteiger partial charge in [-0.1, -0.05) is 17.7 Å². The molecule has 1 saturated carbocycles. The summed E-state index contributed by atoms with van der Waals surface area (Å²) in [6.07, 6.45) is 4.27. The van der Waals surface area contributed by atoms with Crippen LogP contribution in [-0.4, -0.2) is 61.0 Å². The van der Waals surface area contributed by atoms with Gasteiger partial charge in [0.25, 0.3) is 0 Å². The molecule has 96 valence electrons. The van der Waals surface area contributed by atoms with Gasteiger partial charge in [0.1, 0.15) is 0 Å². The average Bonchev–Trinajstić information content (AvgIpc) is 3.12. The highest BCUT2D eigenvalue weighted by Gasteiger charge is 2.24. The number of rotatable bonds is 5. The summed E-state index contributed by atoms with van der Waals surface area (Å²) in [5.74, 6) is 0.182. The fraction of sp³-hybridized carbons (Fsp3) is 0.750. The third-order valence-corrected chi connectivity index (χ3v) is 3.41. The first-order valence-corrected chi connectivity index (χ1v) is 6.71. The Morgan fingerprint density at radius 2 is 1.88 bits per heavy atom. The van der Waals surface area contributed by atoms with Gasteiger partial charge in [0.15, 0.2) is 0 Å². The van der Waals surface area contributed by atoms with Crippen LogP contribution in [0.25, 0.3) is 0 Å². The molecule has 1 amide bonds. The van der Waals surface area contributed by atoms with E-state index in [-0.39, 0.29) is 5.91 Å². The lowest BCUT2D eigenvalue weighted by atomic mass is 10.3. The van der Waals surface area contributed by atoms with Gasteiger partial charge in [-0.3, -0.25) is 14.6 Å². The Bertz CT molecular complexity index is 283. The summed E-state index contributed by atoms with van der Waals surface area (Å²) >= 11 is 5.50. The predicted molar refractivity (Wildman–Crippen MR) is 69.0 cm³/mol. The minimum absolute atomic E-state index is 0.182. The Balaban J connectivity index is 1.62. The molecule has 2 fully saturated rings. The van der Waals surface area contributed by atoms with E-state index in [0.29, 0.717) is 12.6 Å². The molecule has 4 nitrogen and oxygen atoms in total. The van der Waals surface area contributed by atoms with Crippen molar-refractivity contribution in [3.8, 4) is 0 Å². The number of piperazine rings is 1. The standard InChI is InChI=1S/C12H20ClN3O/c13-4-1-5-15-6-8-16(9-7-15)10-12(17)14-11-2-3-11/h1,4,11H,2-3,5-10H2,(H,14,17)/b4-1+. The van der Waals surface area contributed by atoms with E-state index in [1.807, 2.05) is 6.08 Å². The van der Waals surface area contributed by atoms with Gasteiger partial charge in [0.2, 0.25) is 5.91 Å². The Hall–Kier alpha value is -0.580. The van der Waals surface area contributed by atoms with Crippen molar-refractivity contribution in [2.45, 2.75) is 18.9 Å². The van der Waals surface area contributed by atoms with Gasteiger partial charge in [0.05, 0.1) is 6.54 Å². The summed E-state index contributed by atoms with van der Waals surface area (Å²) in [5.41, 5.74) is 1.56. The number of nitrogens with zero attached hydrogens (tertiary/aromatic N) is 2. The van der Waals surface area contributed by atoms with Crippen LogP contribution in [0.5, 0.6) is 0 Å². The zero-order valence-corrected chi connectivity index (χ0v) is 10.8. The molecular formula is C12H20ClN3O. The van der Waals surface area contributed by atoms with Crippen molar-refractivity contribution >= 4 is 17.5 Å². The molecular weight excluding hydrogens is 238 g/mol. The molecule has 17 heavy (non-hydrogen) atoms. The molecule has 1 aliphatic carbocycles. The van der Waals surface area contributed by atoms with Gasteiger partial charge < -0.3 is 5.32 Å². The summed E-state index contributed by atoms with van der Waals surface area (Å²) in [5, 5.41) is 3.02. The van der Waals surface area contributed by atoms with E-state index >= 15 is 0 Å². The number of nitrogens with one attached hydrogen (secondary N) is 1. The molecule has 0 spiro atoms. The van der Waals surface area contributed by atoms with Gasteiger partial charge >= 0.3 is 0 Å². The van der Waals surface area contributed by atoms with E-state index in [9.17, 15) is 4.79 Å². The number of hydrogen-bond acceptors (Lipinski definition) is 3. The van der Waals surface area contributed by atoms with Crippen LogP contribution in [0.2, 0.25) is 0 Å². The van der Waals surface area contributed by atoms with Gasteiger partial charge in [0, 0.05) is 44.3 Å². The van der Waals surface area contributed by atoms with Crippen molar-refractivity contribution in [2.24, 2.45) is 0 Å². The number of hydrogen-bond donors (Lipinski definition) is 1. The first-order valence-electron chi connectivity index (χ1n) is 6.27. The van der Waals surface area contributed by atoms with Crippen LogP contribution in [0.4, 0.5) is 0 Å². The fourth-order valence-corrected chi connectivity index (χ4v) is 2.10. The second-order valence-corrected chi connectivity index (χ2v) is 5.03. The molecule has 0 unspecified atom stereocenters. The fourth-order valence-electron chi connectivity index (χ4n) is 2.02. The molecule has 1 aliphatic heterocycles. The van der Waals surface area contributed by atoms with E-state index in [1.54, 1.807) is 5.54 Å². The third kappa shape index (κ3) is 4.66. The Morgan fingerprint density at radius 3 is 2.47 bits per heavy atom. The minimum Gasteiger partial charge on any atom is -0.352 e. The second kappa shape index (κ2) is 6.38. The molecule has 1 saturated heterocycles. The van der Waals surface area contributed by atoms with Gasteiger partial charge in [-0.25, -0.2) is 0 Å². The number of carbonyl (C=O) groups excluding carboxylic acids is 1. The summed E-state index contributed by atoms with van der Waals surface area (Å²) in [4.78, 5) is 16.2. The van der Waals surface area contributed by atoms with Crippen molar-refractivity contribution in [1.29, 1.82) is 0 Å². The molecule has 5 heteroatoms. The molecule has 0 aromatic heterocycles. The zero-order valence-electron chi connectivity index (χ0n) is 10.1. The van der Waals surface area contributed by atoms with Crippen LogP contribution in [0.3, 0.4) is 0 Å². The number of halogens is 1. The monoisotopic (exact) mass is 257 g/mol. The molecule has 0 radical (unpaired) electrons. The Morgan fingerprint density at radius 1 is 1.24 bits per heavy atom. The van der Waals surface area contributed by atoms with Crippen LogP contribution < -0.4 is 5.32 Å². The van der Waals surface area contributed by atoms with E-state index in [0.717, 1.165) is 45.6 Å². The highest BCUT2D eigenvalue weighted by molar-refractivity contribution is 6.25. The minimum atomic E-state index is 0.182. The average molecular weight is 258 g/mol. The van der Waals surface area contributed by atoms with Crippen LogP contribution in [0, 0.1) is 0 Å². The van der Waals surface area contributed by atoms with E-state index in [2.05, 4.69) is 15.1 Å². The van der Waals surface area contributed by atoms with Crippen molar-refractivity contribution in [3.05, 3.63) is 11.6 Å². The van der Waals surface area contributed by atoms with Crippen LogP contribution in [0.15, 0.2) is 11.6 Å². The first kappa shape index (κ1) is 12.9. The lowest BCUT2D eigenvalue weighted by Gasteiger charge is -2.33. The topological polar surface area (TPSA) is 35.6 Å². The SMILES string of the molecule is O=C(CN1CCN(C/C=C/Cl)CC1)NC1CC1. The van der Waals surface area contributed by atoms with Crippen molar-refractivity contribution in [2.75, 3.05) is 39.3 Å². The lowest BCUT2D eigenvalue weighted by molar-refractivity contribution is -0.122. The van der Waals surface area contributed by atoms with Crippen molar-refractivity contribution < 1.29 is 4.79 Å². The van der Waals surface area contributed by atoms with Gasteiger partial charge in [-0.2, -0.15) is 0 Å². The van der Waals surface area contributed by atoms with E-state index in [4.69, 9.17) is 11.6 Å². The summed E-state index contributed by atoms with van der Waals surface area (Å²) in [6.45, 7) is 5.42. The molecule has 1 N–H and O–H groups in total. The van der Waals surface area contributed by atoms with E-state index in [1.165, 1.54) is 0 Å². The maximum absolute atomic E-state index is 11.6. The molecule has 0 bridgehead atoms. The van der Waals surface area contributed by atoms with Crippen LogP contribution in [0.1, 0.15) is 12.8 Å². The van der Waals surface area contributed by atoms with Crippen molar-refractivity contribution in [1.82, 2.24) is 15.1 Å².